The normalized spacial score (nSPS) is 11.5. The molecule has 116 valence electrons. The first-order chi connectivity index (χ1) is 9.94. The Labute approximate surface area is 126 Å². The van der Waals surface area contributed by atoms with E-state index in [1.165, 1.54) is 26.4 Å². The van der Waals surface area contributed by atoms with Crippen LogP contribution in [0.5, 0.6) is 11.5 Å². The summed E-state index contributed by atoms with van der Waals surface area (Å²) in [6.45, 7) is -0.280. The molecule has 7 nitrogen and oxygen atoms in total. The van der Waals surface area contributed by atoms with Gasteiger partial charge < -0.3 is 24.6 Å². The number of methoxy groups -OCH3 is 3. The van der Waals surface area contributed by atoms with E-state index in [-0.39, 0.29) is 17.1 Å². The van der Waals surface area contributed by atoms with E-state index in [1.54, 1.807) is 0 Å². The van der Waals surface area contributed by atoms with E-state index < -0.39 is 18.0 Å². The van der Waals surface area contributed by atoms with Crippen molar-refractivity contribution in [1.82, 2.24) is 5.32 Å². The Morgan fingerprint density at radius 3 is 2.48 bits per heavy atom. The largest absolute Gasteiger partial charge is 0.493 e. The minimum atomic E-state index is -1.44. The number of aliphatic hydroxyl groups is 1. The number of amides is 1. The highest BCUT2D eigenvalue weighted by Gasteiger charge is 2.19. The minimum Gasteiger partial charge on any atom is -0.493 e. The van der Waals surface area contributed by atoms with Gasteiger partial charge in [0, 0.05) is 5.56 Å². The van der Waals surface area contributed by atoms with Crippen LogP contribution in [0.15, 0.2) is 12.1 Å². The van der Waals surface area contributed by atoms with Gasteiger partial charge in [-0.15, -0.1) is 0 Å². The number of esters is 1. The number of halogens is 1. The molecule has 1 amide bonds. The molecule has 21 heavy (non-hydrogen) atoms. The number of carbonyl (C=O) groups is 2. The van der Waals surface area contributed by atoms with Gasteiger partial charge in [0.15, 0.2) is 17.6 Å². The molecule has 1 rings (SSSR count). The lowest BCUT2D eigenvalue weighted by atomic mass is 10.2. The highest BCUT2D eigenvalue weighted by molar-refractivity contribution is 6.32. The van der Waals surface area contributed by atoms with Crippen molar-refractivity contribution < 1.29 is 28.9 Å². The molecule has 1 unspecified atom stereocenters. The van der Waals surface area contributed by atoms with Gasteiger partial charge in [0.2, 0.25) is 0 Å². The first-order valence-electron chi connectivity index (χ1n) is 5.90. The van der Waals surface area contributed by atoms with Crippen molar-refractivity contribution in [2.24, 2.45) is 0 Å². The third-order valence-corrected chi connectivity index (χ3v) is 2.91. The fraction of sp³-hybridized carbons (Fsp3) is 0.385. The molecule has 0 aliphatic carbocycles. The second-order valence-corrected chi connectivity index (χ2v) is 4.35. The van der Waals surface area contributed by atoms with Crippen LogP contribution in [0.25, 0.3) is 0 Å². The van der Waals surface area contributed by atoms with E-state index in [4.69, 9.17) is 21.1 Å². The zero-order valence-corrected chi connectivity index (χ0v) is 12.6. The van der Waals surface area contributed by atoms with Gasteiger partial charge in [-0.3, -0.25) is 4.79 Å². The molecule has 0 spiro atoms. The molecule has 1 atom stereocenters. The van der Waals surface area contributed by atoms with Crippen LogP contribution in [0.1, 0.15) is 10.4 Å². The molecule has 0 radical (unpaired) electrons. The average molecular weight is 318 g/mol. The Hall–Kier alpha value is -1.99. The summed E-state index contributed by atoms with van der Waals surface area (Å²) in [6.07, 6.45) is -1.44. The summed E-state index contributed by atoms with van der Waals surface area (Å²) < 4.78 is 14.5. The number of hydrogen-bond donors (Lipinski definition) is 2. The predicted octanol–water partition coefficient (Wildman–Crippen LogP) is 0.621. The van der Waals surface area contributed by atoms with Gasteiger partial charge in [0.05, 0.1) is 32.9 Å². The molecule has 8 heteroatoms. The van der Waals surface area contributed by atoms with Gasteiger partial charge >= 0.3 is 5.97 Å². The summed E-state index contributed by atoms with van der Waals surface area (Å²) in [5.41, 5.74) is 0.203. The van der Waals surface area contributed by atoms with E-state index in [0.29, 0.717) is 11.5 Å². The highest BCUT2D eigenvalue weighted by atomic mass is 35.5. The smallest absolute Gasteiger partial charge is 0.336 e. The maximum atomic E-state index is 12.0. The van der Waals surface area contributed by atoms with E-state index in [1.807, 2.05) is 0 Å². The first kappa shape index (κ1) is 17.1. The topological polar surface area (TPSA) is 94.1 Å². The molecule has 2 N–H and O–H groups in total. The van der Waals surface area contributed by atoms with Crippen LogP contribution in [-0.4, -0.2) is 51.0 Å². The van der Waals surface area contributed by atoms with Crippen LogP contribution >= 0.6 is 11.6 Å². The number of benzene rings is 1. The van der Waals surface area contributed by atoms with Gasteiger partial charge in [-0.1, -0.05) is 11.6 Å². The summed E-state index contributed by atoms with van der Waals surface area (Å²) in [7, 11) is 3.98. The third-order valence-electron chi connectivity index (χ3n) is 2.62. The van der Waals surface area contributed by atoms with Gasteiger partial charge in [0.1, 0.15) is 0 Å². The number of hydrogen-bond acceptors (Lipinski definition) is 6. The minimum absolute atomic E-state index is 0.203. The number of rotatable bonds is 6. The van der Waals surface area contributed by atoms with Crippen LogP contribution in [0.2, 0.25) is 5.02 Å². The first-order valence-corrected chi connectivity index (χ1v) is 6.28. The number of ether oxygens (including phenoxy) is 3. The number of nitrogens with one attached hydrogen (secondary N) is 1. The van der Waals surface area contributed by atoms with Crippen molar-refractivity contribution in [3.8, 4) is 11.5 Å². The summed E-state index contributed by atoms with van der Waals surface area (Å²) in [5.74, 6) is -0.754. The Morgan fingerprint density at radius 1 is 1.29 bits per heavy atom. The van der Waals surface area contributed by atoms with E-state index in [0.717, 1.165) is 7.11 Å². The zero-order chi connectivity index (χ0) is 16.0. The van der Waals surface area contributed by atoms with Gasteiger partial charge in [-0.2, -0.15) is 0 Å². The van der Waals surface area contributed by atoms with Crippen molar-refractivity contribution in [3.63, 3.8) is 0 Å². The summed E-state index contributed by atoms with van der Waals surface area (Å²) in [5, 5.41) is 12.0. The fourth-order valence-electron chi connectivity index (χ4n) is 1.56. The summed E-state index contributed by atoms with van der Waals surface area (Å²) in [6, 6.07) is 2.83. The third kappa shape index (κ3) is 4.24. The van der Waals surface area contributed by atoms with E-state index >= 15 is 0 Å². The monoisotopic (exact) mass is 317 g/mol. The lowest BCUT2D eigenvalue weighted by Gasteiger charge is -2.13. The van der Waals surface area contributed by atoms with Crippen molar-refractivity contribution in [2.75, 3.05) is 27.9 Å². The average Bonchev–Trinajstić information content (AvgIpc) is 2.50. The Morgan fingerprint density at radius 2 is 1.95 bits per heavy atom. The lowest BCUT2D eigenvalue weighted by molar-refractivity contribution is -0.149. The molecular formula is C13H16ClNO6. The molecular weight excluding hydrogens is 302 g/mol. The molecule has 0 aliphatic rings. The molecule has 0 heterocycles. The zero-order valence-electron chi connectivity index (χ0n) is 11.8. The molecule has 1 aromatic carbocycles. The van der Waals surface area contributed by atoms with Crippen molar-refractivity contribution in [1.29, 1.82) is 0 Å². The van der Waals surface area contributed by atoms with Crippen LogP contribution < -0.4 is 14.8 Å². The van der Waals surface area contributed by atoms with Crippen LogP contribution in [-0.2, 0) is 9.53 Å². The number of carbonyl (C=O) groups excluding carboxylic acids is 2. The van der Waals surface area contributed by atoms with Crippen molar-refractivity contribution >= 4 is 23.5 Å². The quantitative estimate of drug-likeness (QED) is 0.747. The summed E-state index contributed by atoms with van der Waals surface area (Å²) >= 11 is 5.98. The lowest BCUT2D eigenvalue weighted by Crippen LogP contribution is -2.37. The molecule has 0 fully saturated rings. The van der Waals surface area contributed by atoms with Crippen LogP contribution in [0, 0.1) is 0 Å². The SMILES string of the molecule is COC(=O)C(O)CNC(=O)c1cc(Cl)c(OC)c(OC)c1. The fourth-order valence-corrected chi connectivity index (χ4v) is 1.85. The van der Waals surface area contributed by atoms with Crippen molar-refractivity contribution in [3.05, 3.63) is 22.7 Å². The molecule has 0 bridgehead atoms. The Balaban J connectivity index is 2.84. The van der Waals surface area contributed by atoms with Gasteiger partial charge in [-0.05, 0) is 12.1 Å². The summed E-state index contributed by atoms with van der Waals surface area (Å²) in [4.78, 5) is 23.0. The standard InChI is InChI=1S/C13H16ClNO6/c1-19-10-5-7(4-8(14)11(10)20-2)12(17)15-6-9(16)13(18)21-3/h4-5,9,16H,6H2,1-3H3,(H,15,17). The molecule has 0 saturated carbocycles. The predicted molar refractivity (Wildman–Crippen MR) is 74.9 cm³/mol. The molecule has 1 aromatic rings. The maximum Gasteiger partial charge on any atom is 0.336 e. The Kier molecular flexibility index (Phi) is 6.26. The highest BCUT2D eigenvalue weighted by Crippen LogP contribution is 2.35. The van der Waals surface area contributed by atoms with E-state index in [9.17, 15) is 14.7 Å². The molecule has 0 aromatic heterocycles. The second kappa shape index (κ2) is 7.70. The van der Waals surface area contributed by atoms with Crippen molar-refractivity contribution in [2.45, 2.75) is 6.10 Å². The van der Waals surface area contributed by atoms with Gasteiger partial charge in [0.25, 0.3) is 5.91 Å². The Bertz CT molecular complexity index is 534. The van der Waals surface area contributed by atoms with Crippen LogP contribution in [0.4, 0.5) is 0 Å². The maximum absolute atomic E-state index is 12.0. The van der Waals surface area contributed by atoms with Gasteiger partial charge in [-0.25, -0.2) is 4.79 Å². The molecule has 0 aliphatic heterocycles. The second-order valence-electron chi connectivity index (χ2n) is 3.94. The molecule has 0 saturated heterocycles. The van der Waals surface area contributed by atoms with Crippen LogP contribution in [0.3, 0.4) is 0 Å². The van der Waals surface area contributed by atoms with E-state index in [2.05, 4.69) is 10.1 Å². The number of aliphatic hydroxyl groups excluding tert-OH is 1.